The van der Waals surface area contributed by atoms with Crippen LogP contribution in [-0.2, 0) is 6.42 Å². The van der Waals surface area contributed by atoms with Crippen molar-refractivity contribution in [3.05, 3.63) is 23.8 Å². The SMILES string of the molecule is N#CC1CCN=C1Cc1ccc2c(c1)OCO2. The first-order chi connectivity index (χ1) is 8.36. The number of nitrogens with zero attached hydrogens (tertiary/aromatic N) is 2. The third-order valence-corrected chi connectivity index (χ3v) is 3.11. The van der Waals surface area contributed by atoms with E-state index in [9.17, 15) is 0 Å². The predicted octanol–water partition coefficient (Wildman–Crippen LogP) is 1.94. The van der Waals surface area contributed by atoms with E-state index < -0.39 is 0 Å². The quantitative estimate of drug-likeness (QED) is 0.777. The largest absolute Gasteiger partial charge is 0.454 e. The van der Waals surface area contributed by atoms with Gasteiger partial charge in [-0.15, -0.1) is 0 Å². The summed E-state index contributed by atoms with van der Waals surface area (Å²) in [5, 5.41) is 8.99. The molecule has 0 spiro atoms. The molecule has 2 heterocycles. The van der Waals surface area contributed by atoms with Gasteiger partial charge in [-0.1, -0.05) is 6.07 Å². The van der Waals surface area contributed by atoms with Crippen LogP contribution < -0.4 is 9.47 Å². The Hall–Kier alpha value is -2.02. The molecule has 0 aliphatic carbocycles. The lowest BCUT2D eigenvalue weighted by molar-refractivity contribution is 0.174. The number of fused-ring (bicyclic) bond motifs is 1. The molecule has 1 atom stereocenters. The third kappa shape index (κ3) is 1.84. The maximum Gasteiger partial charge on any atom is 0.231 e. The van der Waals surface area contributed by atoms with Gasteiger partial charge in [-0.25, -0.2) is 0 Å². The van der Waals surface area contributed by atoms with Gasteiger partial charge in [0.15, 0.2) is 11.5 Å². The molecule has 1 unspecified atom stereocenters. The van der Waals surface area contributed by atoms with Gasteiger partial charge in [-0.05, 0) is 24.1 Å². The Balaban J connectivity index is 1.80. The summed E-state index contributed by atoms with van der Waals surface area (Å²) < 4.78 is 10.6. The van der Waals surface area contributed by atoms with Crippen molar-refractivity contribution >= 4 is 5.71 Å². The molecule has 2 aliphatic rings. The third-order valence-electron chi connectivity index (χ3n) is 3.11. The molecule has 0 N–H and O–H groups in total. The lowest BCUT2D eigenvalue weighted by atomic mass is 9.98. The summed E-state index contributed by atoms with van der Waals surface area (Å²) in [5.41, 5.74) is 2.11. The van der Waals surface area contributed by atoms with Crippen LogP contribution in [0.3, 0.4) is 0 Å². The molecule has 0 bridgehead atoms. The van der Waals surface area contributed by atoms with E-state index in [0.29, 0.717) is 6.79 Å². The number of hydrogen-bond acceptors (Lipinski definition) is 4. The highest BCUT2D eigenvalue weighted by Crippen LogP contribution is 2.33. The topological polar surface area (TPSA) is 54.6 Å². The molecule has 4 heteroatoms. The second-order valence-electron chi connectivity index (χ2n) is 4.21. The zero-order valence-corrected chi connectivity index (χ0v) is 9.35. The van der Waals surface area contributed by atoms with Crippen molar-refractivity contribution in [3.8, 4) is 17.6 Å². The summed E-state index contributed by atoms with van der Waals surface area (Å²) >= 11 is 0. The minimum atomic E-state index is -0.0135. The van der Waals surface area contributed by atoms with E-state index in [0.717, 1.165) is 42.2 Å². The van der Waals surface area contributed by atoms with E-state index in [4.69, 9.17) is 14.7 Å². The lowest BCUT2D eigenvalue weighted by Crippen LogP contribution is -2.10. The fourth-order valence-corrected chi connectivity index (χ4v) is 2.19. The van der Waals surface area contributed by atoms with Gasteiger partial charge in [0.1, 0.15) is 0 Å². The summed E-state index contributed by atoms with van der Waals surface area (Å²) in [7, 11) is 0. The molecular weight excluding hydrogens is 216 g/mol. The zero-order valence-electron chi connectivity index (χ0n) is 9.35. The molecule has 0 saturated carbocycles. The minimum Gasteiger partial charge on any atom is -0.454 e. The molecule has 4 nitrogen and oxygen atoms in total. The van der Waals surface area contributed by atoms with Gasteiger partial charge in [0.25, 0.3) is 0 Å². The average molecular weight is 228 g/mol. The second kappa shape index (κ2) is 4.10. The summed E-state index contributed by atoms with van der Waals surface area (Å²) in [6.45, 7) is 1.07. The molecule has 1 aromatic carbocycles. The molecule has 0 amide bonds. The van der Waals surface area contributed by atoms with Crippen molar-refractivity contribution in [2.75, 3.05) is 13.3 Å². The highest BCUT2D eigenvalue weighted by molar-refractivity contribution is 5.92. The van der Waals surface area contributed by atoms with Crippen LogP contribution >= 0.6 is 0 Å². The van der Waals surface area contributed by atoms with Crippen LogP contribution in [-0.4, -0.2) is 19.0 Å². The normalized spacial score (nSPS) is 21.1. The Kier molecular flexibility index (Phi) is 2.45. The molecule has 3 rings (SSSR count). The van der Waals surface area contributed by atoms with Gasteiger partial charge in [-0.3, -0.25) is 4.99 Å². The van der Waals surface area contributed by atoms with Gasteiger partial charge in [0.2, 0.25) is 6.79 Å². The number of ether oxygens (including phenoxy) is 2. The van der Waals surface area contributed by atoms with Crippen molar-refractivity contribution in [2.45, 2.75) is 12.8 Å². The summed E-state index contributed by atoms with van der Waals surface area (Å²) in [4.78, 5) is 4.40. The molecule has 0 aromatic heterocycles. The van der Waals surface area contributed by atoms with Crippen molar-refractivity contribution in [3.63, 3.8) is 0 Å². The Morgan fingerprint density at radius 2 is 2.24 bits per heavy atom. The van der Waals surface area contributed by atoms with Gasteiger partial charge in [-0.2, -0.15) is 5.26 Å². The molecule has 86 valence electrons. The van der Waals surface area contributed by atoms with Crippen LogP contribution in [0.2, 0.25) is 0 Å². The van der Waals surface area contributed by atoms with Crippen LogP contribution in [0, 0.1) is 17.2 Å². The summed E-state index contributed by atoms with van der Waals surface area (Å²) in [6, 6.07) is 8.18. The van der Waals surface area contributed by atoms with Crippen molar-refractivity contribution in [2.24, 2.45) is 10.9 Å². The highest BCUT2D eigenvalue weighted by Gasteiger charge is 2.21. The number of benzene rings is 1. The van der Waals surface area contributed by atoms with Crippen LogP contribution in [0.1, 0.15) is 12.0 Å². The van der Waals surface area contributed by atoms with E-state index in [-0.39, 0.29) is 5.92 Å². The Morgan fingerprint density at radius 1 is 1.35 bits per heavy atom. The molecular formula is C13H12N2O2. The van der Waals surface area contributed by atoms with Gasteiger partial charge >= 0.3 is 0 Å². The second-order valence-corrected chi connectivity index (χ2v) is 4.21. The summed E-state index contributed by atoms with van der Waals surface area (Å²) in [6.07, 6.45) is 1.59. The molecule has 17 heavy (non-hydrogen) atoms. The zero-order chi connectivity index (χ0) is 11.7. The molecule has 2 aliphatic heterocycles. The van der Waals surface area contributed by atoms with Gasteiger partial charge < -0.3 is 9.47 Å². The van der Waals surface area contributed by atoms with E-state index >= 15 is 0 Å². The van der Waals surface area contributed by atoms with Gasteiger partial charge in [0, 0.05) is 18.7 Å². The monoisotopic (exact) mass is 228 g/mol. The van der Waals surface area contributed by atoms with Crippen LogP contribution in [0.25, 0.3) is 0 Å². The minimum absolute atomic E-state index is 0.0135. The van der Waals surface area contributed by atoms with Crippen molar-refractivity contribution < 1.29 is 9.47 Å². The standard InChI is InChI=1S/C13H12N2O2/c14-7-10-3-4-15-11(10)5-9-1-2-12-13(6-9)17-8-16-12/h1-2,6,10H,3-5,8H2. The fraction of sp³-hybridized carbons (Fsp3) is 0.385. The lowest BCUT2D eigenvalue weighted by Gasteiger charge is -2.06. The number of aliphatic imine (C=N–C) groups is 1. The van der Waals surface area contributed by atoms with Crippen LogP contribution in [0.15, 0.2) is 23.2 Å². The molecule has 0 fully saturated rings. The Morgan fingerprint density at radius 3 is 3.12 bits per heavy atom. The highest BCUT2D eigenvalue weighted by atomic mass is 16.7. The first-order valence-corrected chi connectivity index (χ1v) is 5.68. The van der Waals surface area contributed by atoms with Gasteiger partial charge in [0.05, 0.1) is 12.0 Å². The van der Waals surface area contributed by atoms with E-state index in [1.807, 2.05) is 18.2 Å². The predicted molar refractivity (Wildman–Crippen MR) is 62.3 cm³/mol. The number of rotatable bonds is 2. The molecule has 0 saturated heterocycles. The maximum atomic E-state index is 8.99. The number of hydrogen-bond donors (Lipinski definition) is 0. The first kappa shape index (κ1) is 10.2. The maximum absolute atomic E-state index is 8.99. The number of nitriles is 1. The van der Waals surface area contributed by atoms with Crippen LogP contribution in [0.4, 0.5) is 0 Å². The fourth-order valence-electron chi connectivity index (χ4n) is 2.19. The van der Waals surface area contributed by atoms with E-state index in [1.165, 1.54) is 0 Å². The average Bonchev–Trinajstić information content (AvgIpc) is 2.96. The first-order valence-electron chi connectivity index (χ1n) is 5.68. The molecule has 1 aromatic rings. The van der Waals surface area contributed by atoms with Crippen LogP contribution in [0.5, 0.6) is 11.5 Å². The van der Waals surface area contributed by atoms with Crippen molar-refractivity contribution in [1.29, 1.82) is 5.26 Å². The van der Waals surface area contributed by atoms with E-state index in [1.54, 1.807) is 0 Å². The smallest absolute Gasteiger partial charge is 0.231 e. The molecule has 0 radical (unpaired) electrons. The Bertz CT molecular complexity index is 517. The van der Waals surface area contributed by atoms with Crippen molar-refractivity contribution in [1.82, 2.24) is 0 Å². The van der Waals surface area contributed by atoms with E-state index in [2.05, 4.69) is 11.1 Å². The summed E-state index contributed by atoms with van der Waals surface area (Å²) in [5.74, 6) is 1.56. The Labute approximate surface area is 99.5 Å².